The molecule has 1 aromatic heterocycles. The number of pyridine rings is 1. The summed E-state index contributed by atoms with van der Waals surface area (Å²) in [5, 5.41) is 6.86. The number of aromatic nitrogens is 1. The van der Waals surface area contributed by atoms with Crippen LogP contribution in [0.15, 0.2) is 47.6 Å². The summed E-state index contributed by atoms with van der Waals surface area (Å²) >= 11 is 5.77. The lowest BCUT2D eigenvalue weighted by molar-refractivity contribution is 0.606. The third-order valence-electron chi connectivity index (χ3n) is 3.48. The van der Waals surface area contributed by atoms with Crippen LogP contribution in [0.4, 0.5) is 5.69 Å². The van der Waals surface area contributed by atoms with Gasteiger partial charge in [-0.15, -0.1) is 0 Å². The zero-order chi connectivity index (χ0) is 19.0. The zero-order valence-electron chi connectivity index (χ0n) is 14.7. The van der Waals surface area contributed by atoms with E-state index in [0.717, 1.165) is 23.8 Å². The van der Waals surface area contributed by atoms with Crippen LogP contribution in [0.25, 0.3) is 0 Å². The van der Waals surface area contributed by atoms with Gasteiger partial charge in [-0.05, 0) is 29.7 Å². The first-order chi connectivity index (χ1) is 12.4. The number of halogens is 1. The Morgan fingerprint density at radius 2 is 1.96 bits per heavy atom. The Hall–Kier alpha value is -2.32. The molecule has 140 valence electrons. The number of anilines is 1. The molecule has 0 radical (unpaired) electrons. The van der Waals surface area contributed by atoms with Gasteiger partial charge in [0.15, 0.2) is 5.96 Å². The zero-order valence-corrected chi connectivity index (χ0v) is 16.2. The standard InChI is InChI=1S/C17H22ClN5O2S/c1-19-17(20-10-9-13-7-8-16(18)21-11-13)22-12-14-5-3-4-6-15(14)23-26(2,24)25/h3-8,11,23H,9-10,12H2,1-2H3,(H2,19,20,22). The number of nitrogens with one attached hydrogen (secondary N) is 3. The second-order valence-electron chi connectivity index (χ2n) is 5.62. The van der Waals surface area contributed by atoms with E-state index in [0.29, 0.717) is 29.9 Å². The maximum atomic E-state index is 11.5. The Balaban J connectivity index is 1.88. The summed E-state index contributed by atoms with van der Waals surface area (Å²) in [5.41, 5.74) is 2.44. The van der Waals surface area contributed by atoms with E-state index < -0.39 is 10.0 Å². The highest BCUT2D eigenvalue weighted by Crippen LogP contribution is 2.15. The molecule has 0 bridgehead atoms. The van der Waals surface area contributed by atoms with Gasteiger partial charge in [0.2, 0.25) is 10.0 Å². The van der Waals surface area contributed by atoms with E-state index in [1.165, 1.54) is 0 Å². The highest BCUT2D eigenvalue weighted by atomic mass is 35.5. The van der Waals surface area contributed by atoms with E-state index in [-0.39, 0.29) is 0 Å². The fraction of sp³-hybridized carbons (Fsp3) is 0.294. The first-order valence-corrected chi connectivity index (χ1v) is 10.2. The smallest absolute Gasteiger partial charge is 0.229 e. The monoisotopic (exact) mass is 395 g/mol. The topological polar surface area (TPSA) is 95.5 Å². The summed E-state index contributed by atoms with van der Waals surface area (Å²) in [4.78, 5) is 8.22. The number of sulfonamides is 1. The van der Waals surface area contributed by atoms with Crippen molar-refractivity contribution < 1.29 is 8.42 Å². The molecule has 0 aliphatic heterocycles. The molecular formula is C17H22ClN5O2S. The number of benzene rings is 1. The molecule has 0 fully saturated rings. The van der Waals surface area contributed by atoms with E-state index >= 15 is 0 Å². The summed E-state index contributed by atoms with van der Waals surface area (Å²) in [6, 6.07) is 10.9. The highest BCUT2D eigenvalue weighted by Gasteiger charge is 2.07. The van der Waals surface area contributed by atoms with Crippen molar-refractivity contribution in [1.29, 1.82) is 0 Å². The molecule has 0 aliphatic rings. The molecular weight excluding hydrogens is 374 g/mol. The number of nitrogens with zero attached hydrogens (tertiary/aromatic N) is 2. The molecule has 1 aromatic carbocycles. The second kappa shape index (κ2) is 9.40. The largest absolute Gasteiger partial charge is 0.356 e. The Kier molecular flexibility index (Phi) is 7.23. The van der Waals surface area contributed by atoms with Gasteiger partial charge in [-0.1, -0.05) is 35.9 Å². The van der Waals surface area contributed by atoms with Crippen molar-refractivity contribution in [2.45, 2.75) is 13.0 Å². The lowest BCUT2D eigenvalue weighted by atomic mass is 10.2. The van der Waals surface area contributed by atoms with Crippen LogP contribution >= 0.6 is 11.6 Å². The molecule has 2 aromatic rings. The van der Waals surface area contributed by atoms with Crippen molar-refractivity contribution in [1.82, 2.24) is 15.6 Å². The molecule has 26 heavy (non-hydrogen) atoms. The molecule has 9 heteroatoms. The summed E-state index contributed by atoms with van der Waals surface area (Å²) in [6.07, 6.45) is 3.65. The van der Waals surface area contributed by atoms with E-state index in [2.05, 4.69) is 25.3 Å². The van der Waals surface area contributed by atoms with Gasteiger partial charge in [0, 0.05) is 26.3 Å². The van der Waals surface area contributed by atoms with Gasteiger partial charge in [-0.25, -0.2) is 13.4 Å². The van der Waals surface area contributed by atoms with Crippen LogP contribution in [-0.4, -0.2) is 39.2 Å². The van der Waals surface area contributed by atoms with E-state index in [1.807, 2.05) is 18.2 Å². The summed E-state index contributed by atoms with van der Waals surface area (Å²) < 4.78 is 25.4. The van der Waals surface area contributed by atoms with Crippen molar-refractivity contribution in [2.75, 3.05) is 24.6 Å². The summed E-state index contributed by atoms with van der Waals surface area (Å²) in [7, 11) is -1.65. The van der Waals surface area contributed by atoms with Crippen molar-refractivity contribution in [3.63, 3.8) is 0 Å². The first-order valence-electron chi connectivity index (χ1n) is 7.98. The fourth-order valence-corrected chi connectivity index (χ4v) is 2.96. The second-order valence-corrected chi connectivity index (χ2v) is 7.76. The average molecular weight is 396 g/mol. The van der Waals surface area contributed by atoms with Gasteiger partial charge >= 0.3 is 0 Å². The van der Waals surface area contributed by atoms with Crippen LogP contribution in [0.3, 0.4) is 0 Å². The summed E-state index contributed by atoms with van der Waals surface area (Å²) in [5.74, 6) is 0.626. The highest BCUT2D eigenvalue weighted by molar-refractivity contribution is 7.92. The molecule has 0 amide bonds. The van der Waals surface area contributed by atoms with Gasteiger partial charge < -0.3 is 10.6 Å². The van der Waals surface area contributed by atoms with Gasteiger partial charge in [0.25, 0.3) is 0 Å². The molecule has 0 unspecified atom stereocenters. The van der Waals surface area contributed by atoms with Crippen LogP contribution in [0, 0.1) is 0 Å². The van der Waals surface area contributed by atoms with Crippen LogP contribution in [-0.2, 0) is 23.0 Å². The van der Waals surface area contributed by atoms with E-state index in [9.17, 15) is 8.42 Å². The normalized spacial score (nSPS) is 11.9. The Morgan fingerprint density at radius 1 is 1.19 bits per heavy atom. The number of hydrogen-bond donors (Lipinski definition) is 3. The van der Waals surface area contributed by atoms with Crippen molar-refractivity contribution >= 4 is 33.3 Å². The number of rotatable bonds is 7. The predicted octanol–water partition coefficient (Wildman–Crippen LogP) is 2.01. The predicted molar refractivity (Wildman–Crippen MR) is 106 cm³/mol. The van der Waals surface area contributed by atoms with E-state index in [4.69, 9.17) is 11.6 Å². The van der Waals surface area contributed by atoms with Crippen molar-refractivity contribution in [2.24, 2.45) is 4.99 Å². The minimum atomic E-state index is -3.33. The maximum absolute atomic E-state index is 11.5. The lowest BCUT2D eigenvalue weighted by Crippen LogP contribution is -2.38. The molecule has 0 atom stereocenters. The van der Waals surface area contributed by atoms with Crippen LogP contribution in [0.1, 0.15) is 11.1 Å². The molecule has 1 heterocycles. The maximum Gasteiger partial charge on any atom is 0.229 e. The Bertz CT molecular complexity index is 854. The van der Waals surface area contributed by atoms with Crippen molar-refractivity contribution in [3.05, 3.63) is 58.9 Å². The molecule has 3 N–H and O–H groups in total. The molecule has 0 saturated heterocycles. The third-order valence-corrected chi connectivity index (χ3v) is 4.29. The molecule has 0 aliphatic carbocycles. The number of aliphatic imine (C=N–C) groups is 1. The van der Waals surface area contributed by atoms with Gasteiger partial charge in [0.05, 0.1) is 11.9 Å². The minimum absolute atomic E-state index is 0.431. The fourth-order valence-electron chi connectivity index (χ4n) is 2.25. The van der Waals surface area contributed by atoms with Gasteiger partial charge in [-0.3, -0.25) is 9.71 Å². The molecule has 2 rings (SSSR count). The number of guanidine groups is 1. The van der Waals surface area contributed by atoms with Crippen molar-refractivity contribution in [3.8, 4) is 0 Å². The molecule has 0 saturated carbocycles. The quantitative estimate of drug-likeness (QED) is 0.378. The number of para-hydroxylation sites is 1. The summed E-state index contributed by atoms with van der Waals surface area (Å²) in [6.45, 7) is 1.10. The van der Waals surface area contributed by atoms with Crippen LogP contribution in [0.5, 0.6) is 0 Å². The first kappa shape index (κ1) is 20.0. The third kappa shape index (κ3) is 6.89. The lowest BCUT2D eigenvalue weighted by Gasteiger charge is -2.14. The SMILES string of the molecule is CN=C(NCCc1ccc(Cl)nc1)NCc1ccccc1NS(C)(=O)=O. The Morgan fingerprint density at radius 3 is 2.62 bits per heavy atom. The van der Waals surface area contributed by atoms with Crippen LogP contribution < -0.4 is 15.4 Å². The van der Waals surface area contributed by atoms with Gasteiger partial charge in [0.1, 0.15) is 5.15 Å². The van der Waals surface area contributed by atoms with E-state index in [1.54, 1.807) is 31.4 Å². The van der Waals surface area contributed by atoms with Crippen LogP contribution in [0.2, 0.25) is 5.15 Å². The molecule has 7 nitrogen and oxygen atoms in total. The Labute approximate surface area is 159 Å². The minimum Gasteiger partial charge on any atom is -0.356 e. The van der Waals surface area contributed by atoms with Gasteiger partial charge in [-0.2, -0.15) is 0 Å². The molecule has 0 spiro atoms. The average Bonchev–Trinajstić information content (AvgIpc) is 2.59. The number of hydrogen-bond acceptors (Lipinski definition) is 4.